The second-order valence-electron chi connectivity index (χ2n) is 13.3. The quantitative estimate of drug-likeness (QED) is 0.222. The van der Waals surface area contributed by atoms with Gasteiger partial charge < -0.3 is 30.0 Å². The van der Waals surface area contributed by atoms with Crippen LogP contribution < -0.4 is 5.32 Å². The molecular formula is C34H63N5O6. The highest BCUT2D eigenvalue weighted by Gasteiger charge is 2.43. The SMILES string of the molecule is C/C=C/CC(C)C(O)C(C(=O)NC(CC)C(=O)N(C)C(C)C)N(C)C(=O)C(C(C)C)N(C)C(=O)C(CC(C)C)N(C)C(=O)CC. The Labute approximate surface area is 272 Å². The topological polar surface area (TPSA) is 131 Å². The van der Waals surface area contributed by atoms with Gasteiger partial charge in [0.2, 0.25) is 29.5 Å². The Balaban J connectivity index is 6.68. The number of amides is 5. The van der Waals surface area contributed by atoms with Crippen molar-refractivity contribution >= 4 is 29.5 Å². The number of carbonyl (C=O) groups is 5. The molecule has 0 spiro atoms. The maximum atomic E-state index is 14.3. The monoisotopic (exact) mass is 637 g/mol. The van der Waals surface area contributed by atoms with Crippen LogP contribution in [0.1, 0.15) is 94.9 Å². The van der Waals surface area contributed by atoms with Crippen LogP contribution in [0.5, 0.6) is 0 Å². The molecule has 6 atom stereocenters. The normalized spacial score (nSPS) is 15.8. The Bertz CT molecular complexity index is 1010. The molecule has 260 valence electrons. The van der Waals surface area contributed by atoms with E-state index in [0.717, 1.165) is 0 Å². The zero-order chi connectivity index (χ0) is 35.3. The molecule has 45 heavy (non-hydrogen) atoms. The molecule has 11 heteroatoms. The van der Waals surface area contributed by atoms with Gasteiger partial charge in [0.15, 0.2) is 0 Å². The molecule has 11 nitrogen and oxygen atoms in total. The molecule has 0 aromatic rings. The number of aliphatic hydroxyl groups excluding tert-OH is 1. The zero-order valence-electron chi connectivity index (χ0n) is 30.5. The fourth-order valence-electron chi connectivity index (χ4n) is 5.37. The van der Waals surface area contributed by atoms with E-state index in [4.69, 9.17) is 0 Å². The third kappa shape index (κ3) is 11.7. The number of hydrogen-bond donors (Lipinski definition) is 2. The van der Waals surface area contributed by atoms with Crippen LogP contribution in [-0.4, -0.2) is 119 Å². The van der Waals surface area contributed by atoms with E-state index < -0.39 is 48.0 Å². The second-order valence-corrected chi connectivity index (χ2v) is 13.3. The van der Waals surface area contributed by atoms with Crippen LogP contribution >= 0.6 is 0 Å². The number of hydrogen-bond acceptors (Lipinski definition) is 6. The highest BCUT2D eigenvalue weighted by atomic mass is 16.3. The van der Waals surface area contributed by atoms with E-state index in [2.05, 4.69) is 5.32 Å². The number of likely N-dealkylation sites (N-methyl/N-ethyl adjacent to an activating group) is 4. The highest BCUT2D eigenvalue weighted by Crippen LogP contribution is 2.23. The number of nitrogens with zero attached hydrogens (tertiary/aromatic N) is 4. The minimum Gasteiger partial charge on any atom is -0.390 e. The molecule has 0 bridgehead atoms. The molecule has 0 saturated carbocycles. The number of nitrogens with one attached hydrogen (secondary N) is 1. The summed E-state index contributed by atoms with van der Waals surface area (Å²) in [5.74, 6) is -2.63. The van der Waals surface area contributed by atoms with Crippen LogP contribution in [0.3, 0.4) is 0 Å². The fraction of sp³-hybridized carbons (Fsp3) is 0.794. The van der Waals surface area contributed by atoms with Crippen molar-refractivity contribution in [3.8, 4) is 0 Å². The van der Waals surface area contributed by atoms with Gasteiger partial charge in [-0.15, -0.1) is 0 Å². The third-order valence-electron chi connectivity index (χ3n) is 8.62. The van der Waals surface area contributed by atoms with Crippen LogP contribution in [0.4, 0.5) is 0 Å². The molecule has 0 aromatic carbocycles. The number of allylic oxidation sites excluding steroid dienone is 2. The first-order chi connectivity index (χ1) is 20.8. The Morgan fingerprint density at radius 1 is 0.756 bits per heavy atom. The highest BCUT2D eigenvalue weighted by molar-refractivity contribution is 5.95. The molecule has 0 rings (SSSR count). The average Bonchev–Trinajstić information content (AvgIpc) is 2.98. The van der Waals surface area contributed by atoms with Crippen LogP contribution in [0.25, 0.3) is 0 Å². The molecule has 5 amide bonds. The van der Waals surface area contributed by atoms with Crippen LogP contribution in [-0.2, 0) is 24.0 Å². The van der Waals surface area contributed by atoms with Gasteiger partial charge in [-0.2, -0.15) is 0 Å². The van der Waals surface area contributed by atoms with E-state index in [1.54, 1.807) is 46.8 Å². The van der Waals surface area contributed by atoms with Gasteiger partial charge in [0, 0.05) is 40.7 Å². The molecule has 6 unspecified atom stereocenters. The van der Waals surface area contributed by atoms with Crippen molar-refractivity contribution in [3.63, 3.8) is 0 Å². The lowest BCUT2D eigenvalue weighted by Crippen LogP contribution is -2.63. The maximum Gasteiger partial charge on any atom is 0.246 e. The smallest absolute Gasteiger partial charge is 0.246 e. The van der Waals surface area contributed by atoms with Gasteiger partial charge in [0.1, 0.15) is 24.2 Å². The molecule has 0 heterocycles. The van der Waals surface area contributed by atoms with Crippen molar-refractivity contribution in [2.45, 2.75) is 131 Å². The molecule has 0 aliphatic rings. The summed E-state index contributed by atoms with van der Waals surface area (Å²) in [6, 6.07) is -4.00. The van der Waals surface area contributed by atoms with Gasteiger partial charge >= 0.3 is 0 Å². The lowest BCUT2D eigenvalue weighted by molar-refractivity contribution is -0.156. The van der Waals surface area contributed by atoms with Crippen molar-refractivity contribution in [2.24, 2.45) is 17.8 Å². The van der Waals surface area contributed by atoms with Crippen LogP contribution in [0, 0.1) is 17.8 Å². The minimum atomic E-state index is -1.33. The lowest BCUT2D eigenvalue weighted by atomic mass is 9.91. The summed E-state index contributed by atoms with van der Waals surface area (Å²) in [6.07, 6.45) is 3.92. The van der Waals surface area contributed by atoms with E-state index in [-0.39, 0.29) is 42.0 Å². The van der Waals surface area contributed by atoms with Crippen LogP contribution in [0.2, 0.25) is 0 Å². The Morgan fingerprint density at radius 2 is 1.29 bits per heavy atom. The molecule has 0 aromatic heterocycles. The van der Waals surface area contributed by atoms with Gasteiger partial charge in [-0.05, 0) is 57.8 Å². The first-order valence-electron chi connectivity index (χ1n) is 16.4. The first kappa shape index (κ1) is 42.0. The molecule has 0 saturated heterocycles. The van der Waals surface area contributed by atoms with Crippen molar-refractivity contribution in [3.05, 3.63) is 12.2 Å². The summed E-state index contributed by atoms with van der Waals surface area (Å²) >= 11 is 0. The molecular weight excluding hydrogens is 574 g/mol. The molecule has 2 N–H and O–H groups in total. The van der Waals surface area contributed by atoms with Gasteiger partial charge in [0.25, 0.3) is 0 Å². The van der Waals surface area contributed by atoms with Crippen molar-refractivity contribution < 1.29 is 29.1 Å². The van der Waals surface area contributed by atoms with Gasteiger partial charge in [-0.25, -0.2) is 0 Å². The standard InChI is InChI=1S/C34H63N5O6/c1-15-18-19-24(10)30(41)29(31(42)35-25(16-2)32(43)36(11)23(8)9)39(14)34(45)28(22(6)7)38(13)33(44)26(20-21(4)5)37(12)27(40)17-3/h15,18,21-26,28-30,41H,16-17,19-20H2,1-14H3,(H,35,42)/b18-15+. The molecule has 0 aliphatic carbocycles. The first-order valence-corrected chi connectivity index (χ1v) is 16.4. The van der Waals surface area contributed by atoms with E-state index in [1.165, 1.54) is 21.7 Å². The predicted octanol–water partition coefficient (Wildman–Crippen LogP) is 3.30. The maximum absolute atomic E-state index is 14.3. The van der Waals surface area contributed by atoms with E-state index in [0.29, 0.717) is 19.3 Å². The average molecular weight is 638 g/mol. The second kappa shape index (κ2) is 19.5. The van der Waals surface area contributed by atoms with E-state index in [9.17, 15) is 29.1 Å². The number of carbonyl (C=O) groups excluding carboxylic acids is 5. The molecule has 0 radical (unpaired) electrons. The summed E-state index contributed by atoms with van der Waals surface area (Å²) in [7, 11) is 6.27. The summed E-state index contributed by atoms with van der Waals surface area (Å²) in [5, 5.41) is 14.3. The van der Waals surface area contributed by atoms with E-state index >= 15 is 0 Å². The van der Waals surface area contributed by atoms with Gasteiger partial charge in [-0.3, -0.25) is 24.0 Å². The summed E-state index contributed by atoms with van der Waals surface area (Å²) in [6.45, 7) is 18.5. The van der Waals surface area contributed by atoms with Gasteiger partial charge in [0.05, 0.1) is 6.10 Å². The summed E-state index contributed by atoms with van der Waals surface area (Å²) in [4.78, 5) is 73.5. The summed E-state index contributed by atoms with van der Waals surface area (Å²) in [5.41, 5.74) is 0. The molecule has 0 fully saturated rings. The minimum absolute atomic E-state index is 0.0824. The van der Waals surface area contributed by atoms with Crippen molar-refractivity contribution in [1.29, 1.82) is 0 Å². The van der Waals surface area contributed by atoms with E-state index in [1.807, 2.05) is 60.6 Å². The zero-order valence-corrected chi connectivity index (χ0v) is 30.5. The van der Waals surface area contributed by atoms with Crippen molar-refractivity contribution in [1.82, 2.24) is 24.9 Å². The largest absolute Gasteiger partial charge is 0.390 e. The number of rotatable bonds is 18. The summed E-state index contributed by atoms with van der Waals surface area (Å²) < 4.78 is 0. The predicted molar refractivity (Wildman–Crippen MR) is 179 cm³/mol. The van der Waals surface area contributed by atoms with Crippen LogP contribution in [0.15, 0.2) is 12.2 Å². The Kier molecular flexibility index (Phi) is 18.3. The van der Waals surface area contributed by atoms with Crippen molar-refractivity contribution in [2.75, 3.05) is 28.2 Å². The number of aliphatic hydroxyl groups is 1. The third-order valence-corrected chi connectivity index (χ3v) is 8.62. The lowest BCUT2D eigenvalue weighted by Gasteiger charge is -2.41. The Morgan fingerprint density at radius 3 is 1.71 bits per heavy atom. The fourth-order valence-corrected chi connectivity index (χ4v) is 5.37. The Hall–Kier alpha value is -2.95. The molecule has 0 aliphatic heterocycles. The van der Waals surface area contributed by atoms with Gasteiger partial charge in [-0.1, -0.05) is 60.6 Å².